The van der Waals surface area contributed by atoms with Gasteiger partial charge in [0.05, 0.1) is 16.7 Å². The van der Waals surface area contributed by atoms with Gasteiger partial charge in [-0.05, 0) is 31.2 Å². The number of aromatic amines is 1. The number of hydrogen-bond acceptors (Lipinski definition) is 3. The van der Waals surface area contributed by atoms with Gasteiger partial charge in [0.15, 0.2) is 6.61 Å². The molecule has 0 aliphatic carbocycles. The van der Waals surface area contributed by atoms with E-state index in [1.54, 1.807) is 31.2 Å². The number of ketones is 1. The summed E-state index contributed by atoms with van der Waals surface area (Å²) in [5.74, 6) is -2.13. The summed E-state index contributed by atoms with van der Waals surface area (Å²) < 4.78 is 82.2. The molecule has 1 aromatic heterocycles. The summed E-state index contributed by atoms with van der Waals surface area (Å²) in [4.78, 5) is 27.5. The first-order valence-electron chi connectivity index (χ1n) is 8.45. The highest BCUT2D eigenvalue weighted by atomic mass is 19.4. The SMILES string of the molecule is Cc1[nH]c2ccccc2c1C(=O)COC(=O)c1cc(C(F)(F)F)cc(C(F)(F)F)c1. The molecule has 0 radical (unpaired) electrons. The third-order valence-electron chi connectivity index (χ3n) is 4.33. The Bertz CT molecular complexity index is 1100. The normalized spacial score (nSPS) is 12.2. The molecule has 3 aromatic rings. The number of carbonyl (C=O) groups excluding carboxylic acids is 2. The molecule has 0 atom stereocenters. The molecule has 1 N–H and O–H groups in total. The highest BCUT2D eigenvalue weighted by Crippen LogP contribution is 2.36. The molecule has 0 amide bonds. The number of carbonyl (C=O) groups is 2. The number of Topliss-reactive ketones (excluding diaryl/α,β-unsaturated/α-hetero) is 1. The van der Waals surface area contributed by atoms with Gasteiger partial charge in [0, 0.05) is 22.2 Å². The topological polar surface area (TPSA) is 59.2 Å². The van der Waals surface area contributed by atoms with Gasteiger partial charge in [-0.25, -0.2) is 4.79 Å². The Balaban J connectivity index is 1.85. The molecule has 2 aromatic carbocycles. The lowest BCUT2D eigenvalue weighted by molar-refractivity contribution is -0.143. The Morgan fingerprint density at radius 3 is 2.07 bits per heavy atom. The van der Waals surface area contributed by atoms with E-state index in [1.165, 1.54) is 0 Å². The average Bonchev–Trinajstić information content (AvgIpc) is 2.99. The number of aromatic nitrogens is 1. The molecule has 0 aliphatic rings. The van der Waals surface area contributed by atoms with E-state index >= 15 is 0 Å². The van der Waals surface area contributed by atoms with Crippen molar-refractivity contribution in [3.8, 4) is 0 Å². The van der Waals surface area contributed by atoms with Crippen LogP contribution >= 0.6 is 0 Å². The number of halogens is 6. The van der Waals surface area contributed by atoms with Gasteiger partial charge < -0.3 is 9.72 Å². The van der Waals surface area contributed by atoms with E-state index in [-0.39, 0.29) is 23.8 Å². The first-order chi connectivity index (χ1) is 13.9. The van der Waals surface area contributed by atoms with Crippen LogP contribution in [0.1, 0.15) is 37.5 Å². The number of benzene rings is 2. The second-order valence-electron chi connectivity index (χ2n) is 6.46. The van der Waals surface area contributed by atoms with E-state index in [1.807, 2.05) is 0 Å². The van der Waals surface area contributed by atoms with Gasteiger partial charge in [0.1, 0.15) is 0 Å². The quantitative estimate of drug-likeness (QED) is 0.336. The summed E-state index contributed by atoms with van der Waals surface area (Å²) >= 11 is 0. The summed E-state index contributed by atoms with van der Waals surface area (Å²) in [6.07, 6.45) is -10.2. The Labute approximate surface area is 165 Å². The average molecular weight is 429 g/mol. The first-order valence-corrected chi connectivity index (χ1v) is 8.45. The number of aryl methyl sites for hydroxylation is 1. The van der Waals surface area contributed by atoms with Gasteiger partial charge in [-0.1, -0.05) is 18.2 Å². The minimum Gasteiger partial charge on any atom is -0.454 e. The van der Waals surface area contributed by atoms with Crippen molar-refractivity contribution in [1.29, 1.82) is 0 Å². The minimum atomic E-state index is -5.10. The largest absolute Gasteiger partial charge is 0.454 e. The molecule has 0 spiro atoms. The van der Waals surface area contributed by atoms with Gasteiger partial charge in [-0.15, -0.1) is 0 Å². The third kappa shape index (κ3) is 4.32. The fraction of sp³-hybridized carbons (Fsp3) is 0.200. The molecular weight excluding hydrogens is 416 g/mol. The zero-order valence-corrected chi connectivity index (χ0v) is 15.2. The van der Waals surface area contributed by atoms with Gasteiger partial charge >= 0.3 is 18.3 Å². The van der Waals surface area contributed by atoms with E-state index in [9.17, 15) is 35.9 Å². The monoisotopic (exact) mass is 429 g/mol. The number of fused-ring (bicyclic) bond motifs is 1. The number of H-pyrrole nitrogens is 1. The van der Waals surface area contributed by atoms with Gasteiger partial charge in [-0.2, -0.15) is 26.3 Å². The number of alkyl halides is 6. The van der Waals surface area contributed by atoms with Gasteiger partial charge in [0.2, 0.25) is 5.78 Å². The smallest absolute Gasteiger partial charge is 0.416 e. The summed E-state index contributed by atoms with van der Waals surface area (Å²) in [5, 5.41) is 0.550. The van der Waals surface area contributed by atoms with Crippen molar-refractivity contribution in [2.45, 2.75) is 19.3 Å². The van der Waals surface area contributed by atoms with Crippen LogP contribution in [0, 0.1) is 6.92 Å². The lowest BCUT2D eigenvalue weighted by Gasteiger charge is -2.13. The van der Waals surface area contributed by atoms with Crippen molar-refractivity contribution >= 4 is 22.7 Å². The Kier molecular flexibility index (Phi) is 5.36. The molecule has 0 aliphatic heterocycles. The van der Waals surface area contributed by atoms with Gasteiger partial charge in [0.25, 0.3) is 0 Å². The standard InChI is InChI=1S/C20H13F6NO3/c1-10-17(14-4-2-3-5-15(14)27-10)16(28)9-30-18(29)11-6-12(19(21,22)23)8-13(7-11)20(24,25)26/h2-8,27H,9H2,1H3. The van der Waals surface area contributed by atoms with E-state index in [4.69, 9.17) is 4.74 Å². The van der Waals surface area contributed by atoms with Crippen LogP contribution in [0.25, 0.3) is 10.9 Å². The zero-order chi connectivity index (χ0) is 22.3. The summed E-state index contributed by atoms with van der Waals surface area (Å²) in [5.41, 5.74) is -2.90. The maximum absolute atomic E-state index is 12.9. The van der Waals surface area contributed by atoms with Crippen LogP contribution in [0.2, 0.25) is 0 Å². The van der Waals surface area contributed by atoms with E-state index in [0.717, 1.165) is 0 Å². The number of ether oxygens (including phenoxy) is 1. The molecule has 0 saturated heterocycles. The predicted octanol–water partition coefficient (Wildman–Crippen LogP) is 5.55. The van der Waals surface area contributed by atoms with Crippen molar-refractivity contribution in [2.75, 3.05) is 6.61 Å². The molecule has 0 fully saturated rings. The number of nitrogens with one attached hydrogen (secondary N) is 1. The van der Waals surface area contributed by atoms with Crippen LogP contribution in [0.15, 0.2) is 42.5 Å². The van der Waals surface area contributed by atoms with E-state index < -0.39 is 47.4 Å². The number of esters is 1. The molecule has 1 heterocycles. The summed E-state index contributed by atoms with van der Waals surface area (Å²) in [6, 6.07) is 7.18. The highest BCUT2D eigenvalue weighted by Gasteiger charge is 2.37. The van der Waals surface area contributed by atoms with Crippen LogP contribution in [0.4, 0.5) is 26.3 Å². The Morgan fingerprint density at radius 1 is 0.933 bits per heavy atom. The van der Waals surface area contributed by atoms with Crippen LogP contribution < -0.4 is 0 Å². The lowest BCUT2D eigenvalue weighted by Crippen LogP contribution is -2.17. The van der Waals surface area contributed by atoms with Crippen LogP contribution in [0.5, 0.6) is 0 Å². The second kappa shape index (κ2) is 7.51. The zero-order valence-electron chi connectivity index (χ0n) is 15.2. The molecule has 30 heavy (non-hydrogen) atoms. The minimum absolute atomic E-state index is 0.1000. The summed E-state index contributed by atoms with van der Waals surface area (Å²) in [7, 11) is 0. The van der Waals surface area contributed by atoms with Crippen LogP contribution in [-0.4, -0.2) is 23.3 Å². The van der Waals surface area contributed by atoms with E-state index in [0.29, 0.717) is 16.6 Å². The van der Waals surface area contributed by atoms with Crippen molar-refractivity contribution < 1.29 is 40.7 Å². The Morgan fingerprint density at radius 2 is 1.50 bits per heavy atom. The molecule has 10 heteroatoms. The van der Waals surface area contributed by atoms with E-state index in [2.05, 4.69) is 4.98 Å². The molecule has 3 rings (SSSR count). The van der Waals surface area contributed by atoms with Crippen molar-refractivity contribution in [3.63, 3.8) is 0 Å². The Hall–Kier alpha value is -3.30. The van der Waals surface area contributed by atoms with Crippen molar-refractivity contribution in [2.24, 2.45) is 0 Å². The maximum atomic E-state index is 12.9. The van der Waals surface area contributed by atoms with Crippen molar-refractivity contribution in [3.05, 3.63) is 70.4 Å². The fourth-order valence-electron chi connectivity index (χ4n) is 3.00. The van der Waals surface area contributed by atoms with Crippen LogP contribution in [0.3, 0.4) is 0 Å². The molecule has 4 nitrogen and oxygen atoms in total. The number of rotatable bonds is 4. The molecule has 0 unspecified atom stereocenters. The maximum Gasteiger partial charge on any atom is 0.416 e. The summed E-state index contributed by atoms with van der Waals surface area (Å²) in [6.45, 7) is 0.760. The first kappa shape index (κ1) is 21.4. The lowest BCUT2D eigenvalue weighted by atomic mass is 10.0. The molecule has 0 bridgehead atoms. The molecule has 0 saturated carbocycles. The highest BCUT2D eigenvalue weighted by molar-refractivity contribution is 6.10. The molecular formula is C20H13F6NO3. The van der Waals surface area contributed by atoms with Crippen LogP contribution in [-0.2, 0) is 17.1 Å². The van der Waals surface area contributed by atoms with Gasteiger partial charge in [-0.3, -0.25) is 4.79 Å². The molecule has 158 valence electrons. The third-order valence-corrected chi connectivity index (χ3v) is 4.33. The number of para-hydroxylation sites is 1. The second-order valence-corrected chi connectivity index (χ2v) is 6.46. The number of hydrogen-bond donors (Lipinski definition) is 1. The fourth-order valence-corrected chi connectivity index (χ4v) is 3.00. The van der Waals surface area contributed by atoms with Crippen molar-refractivity contribution in [1.82, 2.24) is 4.98 Å². The predicted molar refractivity (Wildman–Crippen MR) is 94.1 cm³/mol.